The zero-order valence-corrected chi connectivity index (χ0v) is 8.82. The van der Waals surface area contributed by atoms with E-state index in [1.165, 1.54) is 0 Å². The minimum Gasteiger partial charge on any atom is -0.399 e. The summed E-state index contributed by atoms with van der Waals surface area (Å²) < 4.78 is 0. The fourth-order valence-electron chi connectivity index (χ4n) is 2.14. The third kappa shape index (κ3) is 2.86. The van der Waals surface area contributed by atoms with Crippen molar-refractivity contribution in [1.29, 1.82) is 0 Å². The molecule has 1 aromatic rings. The summed E-state index contributed by atoms with van der Waals surface area (Å²) in [6.07, 6.45) is 2.91. The molecule has 0 aliphatic heterocycles. The predicted octanol–water partition coefficient (Wildman–Crippen LogP) is 1.84. The fraction of sp³-hybridized carbons (Fsp3) is 0.500. The molecule has 1 aromatic carbocycles. The van der Waals surface area contributed by atoms with Gasteiger partial charge in [0.25, 0.3) is 0 Å². The first-order valence-corrected chi connectivity index (χ1v) is 5.51. The molecule has 0 saturated heterocycles. The quantitative estimate of drug-likeness (QED) is 0.661. The molecule has 2 unspecified atom stereocenters. The van der Waals surface area contributed by atoms with Crippen molar-refractivity contribution in [2.45, 2.75) is 25.4 Å². The topological polar surface area (TPSA) is 58.3 Å². The summed E-state index contributed by atoms with van der Waals surface area (Å²) in [6.45, 7) is 0.931. The van der Waals surface area contributed by atoms with Crippen LogP contribution in [0.4, 0.5) is 11.4 Å². The van der Waals surface area contributed by atoms with E-state index in [0.29, 0.717) is 5.92 Å². The van der Waals surface area contributed by atoms with Gasteiger partial charge in [-0.15, -0.1) is 0 Å². The number of hydrogen-bond donors (Lipinski definition) is 3. The molecule has 1 saturated carbocycles. The van der Waals surface area contributed by atoms with Gasteiger partial charge in [0.05, 0.1) is 6.10 Å². The number of nitrogens with one attached hydrogen (secondary N) is 1. The van der Waals surface area contributed by atoms with Crippen LogP contribution in [0.15, 0.2) is 24.3 Å². The molecule has 0 heterocycles. The molecule has 1 fully saturated rings. The second-order valence-electron chi connectivity index (χ2n) is 4.34. The first-order valence-electron chi connectivity index (χ1n) is 5.51. The Bertz CT molecular complexity index is 327. The standard InChI is InChI=1S/C12H18N2O/c13-10-2-1-3-11(7-10)14-8-9-4-5-12(15)6-9/h1-3,7,9,12,14-15H,4-6,8,13H2. The molecule has 3 heteroatoms. The summed E-state index contributed by atoms with van der Waals surface area (Å²) in [5.74, 6) is 0.599. The van der Waals surface area contributed by atoms with Gasteiger partial charge in [0.15, 0.2) is 0 Å². The second-order valence-corrected chi connectivity index (χ2v) is 4.34. The van der Waals surface area contributed by atoms with Crippen LogP contribution >= 0.6 is 0 Å². The third-order valence-corrected chi connectivity index (χ3v) is 3.00. The lowest BCUT2D eigenvalue weighted by molar-refractivity contribution is 0.178. The number of benzene rings is 1. The maximum atomic E-state index is 9.39. The van der Waals surface area contributed by atoms with Crippen LogP contribution in [0.1, 0.15) is 19.3 Å². The summed E-state index contributed by atoms with van der Waals surface area (Å²) in [4.78, 5) is 0. The van der Waals surface area contributed by atoms with E-state index in [1.54, 1.807) is 0 Å². The lowest BCUT2D eigenvalue weighted by Gasteiger charge is -2.12. The number of nitrogen functional groups attached to an aromatic ring is 1. The summed E-state index contributed by atoms with van der Waals surface area (Å²) in [6, 6.07) is 7.78. The molecule has 0 aromatic heterocycles. The Hall–Kier alpha value is -1.22. The highest BCUT2D eigenvalue weighted by Gasteiger charge is 2.22. The number of aliphatic hydroxyl groups is 1. The van der Waals surface area contributed by atoms with Crippen LogP contribution in [0.3, 0.4) is 0 Å². The average Bonchev–Trinajstić information content (AvgIpc) is 2.62. The number of anilines is 2. The van der Waals surface area contributed by atoms with E-state index in [-0.39, 0.29) is 6.10 Å². The molecule has 3 nitrogen and oxygen atoms in total. The van der Waals surface area contributed by atoms with Crippen LogP contribution in [-0.2, 0) is 0 Å². The molecule has 0 amide bonds. The van der Waals surface area contributed by atoms with Crippen LogP contribution in [-0.4, -0.2) is 17.8 Å². The first-order chi connectivity index (χ1) is 7.24. The number of aliphatic hydroxyl groups excluding tert-OH is 1. The van der Waals surface area contributed by atoms with Gasteiger partial charge in [0, 0.05) is 17.9 Å². The van der Waals surface area contributed by atoms with Crippen molar-refractivity contribution in [3.05, 3.63) is 24.3 Å². The average molecular weight is 206 g/mol. The zero-order valence-electron chi connectivity index (χ0n) is 8.82. The van der Waals surface area contributed by atoms with E-state index < -0.39 is 0 Å². The number of hydrogen-bond acceptors (Lipinski definition) is 3. The Labute approximate surface area is 90.3 Å². The third-order valence-electron chi connectivity index (χ3n) is 3.00. The van der Waals surface area contributed by atoms with E-state index in [4.69, 9.17) is 5.73 Å². The van der Waals surface area contributed by atoms with Crippen LogP contribution in [0.5, 0.6) is 0 Å². The van der Waals surface area contributed by atoms with Crippen molar-refractivity contribution in [3.63, 3.8) is 0 Å². The van der Waals surface area contributed by atoms with Crippen molar-refractivity contribution in [2.24, 2.45) is 5.92 Å². The number of nitrogens with two attached hydrogens (primary N) is 1. The van der Waals surface area contributed by atoms with E-state index in [2.05, 4.69) is 5.32 Å². The SMILES string of the molecule is Nc1cccc(NCC2CCC(O)C2)c1. The number of rotatable bonds is 3. The minimum atomic E-state index is -0.0855. The van der Waals surface area contributed by atoms with E-state index >= 15 is 0 Å². The van der Waals surface area contributed by atoms with Gasteiger partial charge in [0.1, 0.15) is 0 Å². The molecule has 4 N–H and O–H groups in total. The molecule has 2 rings (SSSR count). The van der Waals surface area contributed by atoms with E-state index in [1.807, 2.05) is 24.3 Å². The van der Waals surface area contributed by atoms with Gasteiger partial charge in [-0.2, -0.15) is 0 Å². The Morgan fingerprint density at radius 3 is 2.93 bits per heavy atom. The Balaban J connectivity index is 1.83. The molecule has 1 aliphatic rings. The lowest BCUT2D eigenvalue weighted by Crippen LogP contribution is -2.12. The monoisotopic (exact) mass is 206 g/mol. The van der Waals surface area contributed by atoms with Crippen LogP contribution in [0.25, 0.3) is 0 Å². The predicted molar refractivity (Wildman–Crippen MR) is 62.7 cm³/mol. The van der Waals surface area contributed by atoms with E-state index in [0.717, 1.165) is 37.2 Å². The smallest absolute Gasteiger partial charge is 0.0543 e. The molecule has 0 radical (unpaired) electrons. The molecule has 82 valence electrons. The second kappa shape index (κ2) is 4.53. The van der Waals surface area contributed by atoms with Gasteiger partial charge in [-0.1, -0.05) is 6.07 Å². The molecule has 2 atom stereocenters. The lowest BCUT2D eigenvalue weighted by atomic mass is 10.1. The maximum absolute atomic E-state index is 9.39. The van der Waals surface area contributed by atoms with Crippen molar-refractivity contribution < 1.29 is 5.11 Å². The van der Waals surface area contributed by atoms with Crippen molar-refractivity contribution in [1.82, 2.24) is 0 Å². The maximum Gasteiger partial charge on any atom is 0.0543 e. The molecular formula is C12H18N2O. The molecule has 0 spiro atoms. The summed E-state index contributed by atoms with van der Waals surface area (Å²) in [5.41, 5.74) is 7.53. The van der Waals surface area contributed by atoms with Gasteiger partial charge in [0.2, 0.25) is 0 Å². The normalized spacial score (nSPS) is 25.4. The fourth-order valence-corrected chi connectivity index (χ4v) is 2.14. The molecule has 1 aliphatic carbocycles. The highest BCUT2D eigenvalue weighted by Crippen LogP contribution is 2.25. The van der Waals surface area contributed by atoms with Gasteiger partial charge in [-0.05, 0) is 43.4 Å². The largest absolute Gasteiger partial charge is 0.399 e. The Morgan fingerprint density at radius 2 is 2.27 bits per heavy atom. The van der Waals surface area contributed by atoms with Gasteiger partial charge < -0.3 is 16.2 Å². The minimum absolute atomic E-state index is 0.0855. The highest BCUT2D eigenvalue weighted by atomic mass is 16.3. The summed E-state index contributed by atoms with van der Waals surface area (Å²) in [7, 11) is 0. The van der Waals surface area contributed by atoms with E-state index in [9.17, 15) is 5.11 Å². The molecule has 15 heavy (non-hydrogen) atoms. The van der Waals surface area contributed by atoms with Gasteiger partial charge in [-0.25, -0.2) is 0 Å². The van der Waals surface area contributed by atoms with Crippen LogP contribution < -0.4 is 11.1 Å². The van der Waals surface area contributed by atoms with Crippen molar-refractivity contribution >= 4 is 11.4 Å². The summed E-state index contributed by atoms with van der Waals surface area (Å²) >= 11 is 0. The van der Waals surface area contributed by atoms with Gasteiger partial charge >= 0.3 is 0 Å². The van der Waals surface area contributed by atoms with Crippen molar-refractivity contribution in [3.8, 4) is 0 Å². The van der Waals surface area contributed by atoms with Crippen LogP contribution in [0.2, 0.25) is 0 Å². The van der Waals surface area contributed by atoms with Crippen molar-refractivity contribution in [2.75, 3.05) is 17.6 Å². The zero-order chi connectivity index (χ0) is 10.7. The Kier molecular flexibility index (Phi) is 3.11. The van der Waals surface area contributed by atoms with Gasteiger partial charge in [-0.3, -0.25) is 0 Å². The molecular weight excluding hydrogens is 188 g/mol. The summed E-state index contributed by atoms with van der Waals surface area (Å²) in [5, 5.41) is 12.7. The molecule has 0 bridgehead atoms. The first kappa shape index (κ1) is 10.3. The highest BCUT2D eigenvalue weighted by molar-refractivity contribution is 5.54. The van der Waals surface area contributed by atoms with Crippen LogP contribution in [0, 0.1) is 5.92 Å². The Morgan fingerprint density at radius 1 is 1.40 bits per heavy atom.